The maximum atomic E-state index is 11.3. The van der Waals surface area contributed by atoms with Gasteiger partial charge >= 0.3 is 11.9 Å². The Labute approximate surface area is 94.7 Å². The fourth-order valence-corrected chi connectivity index (χ4v) is 1.83. The molecule has 1 rings (SSSR count). The van der Waals surface area contributed by atoms with E-state index in [0.717, 1.165) is 32.1 Å². The van der Waals surface area contributed by atoms with Crippen LogP contribution in [0, 0.1) is 0 Å². The van der Waals surface area contributed by atoms with Crippen LogP contribution in [-0.2, 0) is 19.1 Å². The van der Waals surface area contributed by atoms with E-state index in [2.05, 4.69) is 4.74 Å². The van der Waals surface area contributed by atoms with E-state index in [1.807, 2.05) is 0 Å². The Morgan fingerprint density at radius 2 is 1.94 bits per heavy atom. The van der Waals surface area contributed by atoms with Crippen LogP contribution in [0.3, 0.4) is 0 Å². The molecule has 5 nitrogen and oxygen atoms in total. The van der Waals surface area contributed by atoms with Crippen molar-refractivity contribution < 1.29 is 24.2 Å². The van der Waals surface area contributed by atoms with E-state index in [-0.39, 0.29) is 12.7 Å². The number of esters is 1. The average Bonchev–Trinajstić information content (AvgIpc) is 2.27. The Bertz CT molecular complexity index is 245. The highest BCUT2D eigenvalue weighted by atomic mass is 16.6. The number of hydrogen-bond donors (Lipinski definition) is 1. The topological polar surface area (TPSA) is 72.8 Å². The molecule has 0 aromatic heterocycles. The first-order chi connectivity index (χ1) is 7.65. The van der Waals surface area contributed by atoms with Gasteiger partial charge in [0.15, 0.2) is 0 Å². The molecular formula is C11H18O5. The smallest absolute Gasteiger partial charge is 0.347 e. The van der Waals surface area contributed by atoms with Crippen molar-refractivity contribution >= 4 is 11.9 Å². The van der Waals surface area contributed by atoms with Gasteiger partial charge in [-0.25, -0.2) is 9.59 Å². The molecule has 92 valence electrons. The summed E-state index contributed by atoms with van der Waals surface area (Å²) in [5.74, 6) is -2.08. The largest absolute Gasteiger partial charge is 0.479 e. The lowest BCUT2D eigenvalue weighted by atomic mass is 9.97. The lowest BCUT2D eigenvalue weighted by molar-refractivity contribution is -0.175. The molecule has 0 saturated heterocycles. The summed E-state index contributed by atoms with van der Waals surface area (Å²) < 4.78 is 9.96. The van der Waals surface area contributed by atoms with Crippen LogP contribution in [0.4, 0.5) is 0 Å². The summed E-state index contributed by atoms with van der Waals surface area (Å²) in [6, 6.07) is 0. The minimum absolute atomic E-state index is 0.126. The van der Waals surface area contributed by atoms with Gasteiger partial charge in [-0.3, -0.25) is 0 Å². The van der Waals surface area contributed by atoms with Crippen LogP contribution in [0.15, 0.2) is 0 Å². The highest BCUT2D eigenvalue weighted by Crippen LogP contribution is 2.21. The van der Waals surface area contributed by atoms with Crippen LogP contribution in [0.5, 0.6) is 0 Å². The molecule has 0 radical (unpaired) electrons. The number of carbonyl (C=O) groups excluding carboxylic acids is 1. The zero-order chi connectivity index (χ0) is 12.0. The second-order valence-electron chi connectivity index (χ2n) is 3.87. The molecule has 16 heavy (non-hydrogen) atoms. The lowest BCUT2D eigenvalue weighted by Crippen LogP contribution is -2.38. The third-order valence-corrected chi connectivity index (χ3v) is 2.61. The second kappa shape index (κ2) is 6.48. The van der Waals surface area contributed by atoms with Crippen molar-refractivity contribution in [1.82, 2.24) is 0 Å². The van der Waals surface area contributed by atoms with Gasteiger partial charge in [0.05, 0.1) is 12.7 Å². The Morgan fingerprint density at radius 3 is 2.44 bits per heavy atom. The van der Waals surface area contributed by atoms with Crippen molar-refractivity contribution in [1.29, 1.82) is 0 Å². The number of carboxylic acid groups (broad SMARTS) is 1. The van der Waals surface area contributed by atoms with Gasteiger partial charge in [0.25, 0.3) is 6.10 Å². The van der Waals surface area contributed by atoms with Crippen LogP contribution in [-0.4, -0.2) is 35.9 Å². The van der Waals surface area contributed by atoms with Gasteiger partial charge < -0.3 is 14.6 Å². The number of aliphatic carboxylic acids is 1. The molecule has 1 fully saturated rings. The molecule has 1 atom stereocenters. The highest BCUT2D eigenvalue weighted by Gasteiger charge is 2.32. The fraction of sp³-hybridized carbons (Fsp3) is 0.818. The second-order valence-corrected chi connectivity index (χ2v) is 3.87. The molecule has 1 aliphatic carbocycles. The van der Waals surface area contributed by atoms with Crippen LogP contribution in [0.1, 0.15) is 39.0 Å². The van der Waals surface area contributed by atoms with Crippen LogP contribution in [0.2, 0.25) is 0 Å². The van der Waals surface area contributed by atoms with Gasteiger partial charge in [-0.2, -0.15) is 0 Å². The molecule has 1 aliphatic rings. The van der Waals surface area contributed by atoms with Crippen molar-refractivity contribution in [2.24, 2.45) is 0 Å². The van der Waals surface area contributed by atoms with Crippen LogP contribution >= 0.6 is 0 Å². The van der Waals surface area contributed by atoms with E-state index in [9.17, 15) is 9.59 Å². The van der Waals surface area contributed by atoms with Crippen molar-refractivity contribution in [3.63, 3.8) is 0 Å². The summed E-state index contributed by atoms with van der Waals surface area (Å²) in [5, 5.41) is 8.88. The Kier molecular flexibility index (Phi) is 5.25. The average molecular weight is 230 g/mol. The molecule has 0 bridgehead atoms. The maximum absolute atomic E-state index is 11.3. The molecule has 0 spiro atoms. The summed E-state index contributed by atoms with van der Waals surface area (Å²) in [4.78, 5) is 22.2. The van der Waals surface area contributed by atoms with E-state index in [0.29, 0.717) is 0 Å². The van der Waals surface area contributed by atoms with Gasteiger partial charge in [-0.1, -0.05) is 19.3 Å². The number of hydrogen-bond acceptors (Lipinski definition) is 4. The lowest BCUT2D eigenvalue weighted by Gasteiger charge is -2.24. The van der Waals surface area contributed by atoms with Gasteiger partial charge in [0.1, 0.15) is 0 Å². The first-order valence-corrected chi connectivity index (χ1v) is 5.70. The van der Waals surface area contributed by atoms with Gasteiger partial charge in [0, 0.05) is 0 Å². The molecule has 1 N–H and O–H groups in total. The summed E-state index contributed by atoms with van der Waals surface area (Å²) in [6.45, 7) is 1.80. The number of carbonyl (C=O) groups is 2. The van der Waals surface area contributed by atoms with E-state index in [1.165, 1.54) is 0 Å². The molecule has 0 amide bonds. The number of carboxylic acids is 1. The third-order valence-electron chi connectivity index (χ3n) is 2.61. The zero-order valence-corrected chi connectivity index (χ0v) is 9.48. The minimum Gasteiger partial charge on any atom is -0.479 e. The molecule has 1 saturated carbocycles. The fourth-order valence-electron chi connectivity index (χ4n) is 1.83. The number of ether oxygens (including phenoxy) is 2. The summed E-state index contributed by atoms with van der Waals surface area (Å²) >= 11 is 0. The van der Waals surface area contributed by atoms with E-state index >= 15 is 0 Å². The van der Waals surface area contributed by atoms with Crippen molar-refractivity contribution in [2.75, 3.05) is 6.61 Å². The quantitative estimate of drug-likeness (QED) is 0.570. The highest BCUT2D eigenvalue weighted by molar-refractivity contribution is 5.97. The Morgan fingerprint density at radius 1 is 1.31 bits per heavy atom. The summed E-state index contributed by atoms with van der Waals surface area (Å²) in [5.41, 5.74) is 0. The molecule has 0 heterocycles. The molecule has 5 heteroatoms. The molecule has 1 unspecified atom stereocenters. The van der Waals surface area contributed by atoms with Crippen molar-refractivity contribution in [3.05, 3.63) is 0 Å². The SMILES string of the molecule is CCOC(=O)C(OC1CCCCC1)C(=O)O. The van der Waals surface area contributed by atoms with Gasteiger partial charge in [0.2, 0.25) is 0 Å². The summed E-state index contributed by atoms with van der Waals surface area (Å²) in [6.07, 6.45) is 3.26. The zero-order valence-electron chi connectivity index (χ0n) is 9.48. The third kappa shape index (κ3) is 3.81. The minimum atomic E-state index is -1.47. The standard InChI is InChI=1S/C11H18O5/c1-2-15-11(14)9(10(12)13)16-8-6-4-3-5-7-8/h8-9H,2-7H2,1H3,(H,12,13). The molecule has 0 aromatic carbocycles. The predicted molar refractivity (Wildman–Crippen MR) is 56.0 cm³/mol. The monoisotopic (exact) mass is 230 g/mol. The first kappa shape index (κ1) is 13.0. The van der Waals surface area contributed by atoms with Crippen molar-refractivity contribution in [3.8, 4) is 0 Å². The molecular weight excluding hydrogens is 212 g/mol. The van der Waals surface area contributed by atoms with Crippen LogP contribution < -0.4 is 0 Å². The Hall–Kier alpha value is -1.10. The van der Waals surface area contributed by atoms with E-state index in [4.69, 9.17) is 9.84 Å². The number of rotatable bonds is 5. The van der Waals surface area contributed by atoms with Crippen LogP contribution in [0.25, 0.3) is 0 Å². The summed E-state index contributed by atoms with van der Waals surface area (Å²) in [7, 11) is 0. The molecule has 0 aromatic rings. The van der Waals surface area contributed by atoms with Gasteiger partial charge in [-0.15, -0.1) is 0 Å². The van der Waals surface area contributed by atoms with Gasteiger partial charge in [-0.05, 0) is 19.8 Å². The predicted octanol–water partition coefficient (Wildman–Crippen LogP) is 1.35. The maximum Gasteiger partial charge on any atom is 0.347 e. The normalized spacial score (nSPS) is 19.1. The molecule has 0 aliphatic heterocycles. The Balaban J connectivity index is 2.49. The van der Waals surface area contributed by atoms with E-state index < -0.39 is 18.0 Å². The first-order valence-electron chi connectivity index (χ1n) is 5.70. The van der Waals surface area contributed by atoms with E-state index in [1.54, 1.807) is 6.92 Å². The van der Waals surface area contributed by atoms with Crippen molar-refractivity contribution in [2.45, 2.75) is 51.2 Å².